The van der Waals surface area contributed by atoms with Crippen LogP contribution in [0.3, 0.4) is 0 Å². The van der Waals surface area contributed by atoms with E-state index < -0.39 is 0 Å². The molecule has 2 aliphatic rings. The Balaban J connectivity index is 0.900. The van der Waals surface area contributed by atoms with E-state index >= 15 is 0 Å². The van der Waals surface area contributed by atoms with E-state index in [1.165, 1.54) is 111 Å². The van der Waals surface area contributed by atoms with Crippen LogP contribution < -0.4 is 9.80 Å². The normalized spacial score (nSPS) is 13.6. The Morgan fingerprint density at radius 1 is 0.257 bits per heavy atom. The van der Waals surface area contributed by atoms with Gasteiger partial charge in [-0.05, 0) is 201 Å². The summed E-state index contributed by atoms with van der Waals surface area (Å²) in [6.45, 7) is 18.2. The van der Waals surface area contributed by atoms with E-state index in [1.54, 1.807) is 0 Å². The molecule has 2 aliphatic carbocycles. The van der Waals surface area contributed by atoms with Gasteiger partial charge in [-0.15, -0.1) is 0 Å². The fraction of sp³-hybridized carbons (Fsp3) is 0.139. The Kier molecular flexibility index (Phi) is 10.5. The van der Waals surface area contributed by atoms with Crippen LogP contribution in [0.2, 0.25) is 0 Å². The lowest BCUT2D eigenvalue weighted by Gasteiger charge is -2.28. The molecular formula is C72H60N2. The summed E-state index contributed by atoms with van der Waals surface area (Å²) in [5, 5.41) is 5.07. The number of hydrogen-bond acceptors (Lipinski definition) is 2. The zero-order chi connectivity index (χ0) is 50.6. The molecule has 0 saturated heterocycles. The topological polar surface area (TPSA) is 6.48 Å². The minimum Gasteiger partial charge on any atom is -0.310 e. The SMILES string of the molecule is Cc1ccc(N(c2ccc(C)cc2)c2ccc3c(c2)C(C)(C)c2cc(-c4c5ccccc5c(-c5ccc6c(c5)C(C)(C)c5cc(N(c7ccc(C)cc7)c7ccc(C)cc7)ccc5-6)c5ccccc45)ccc2-3)cc1. The van der Waals surface area contributed by atoms with Crippen molar-refractivity contribution in [2.45, 2.75) is 66.2 Å². The smallest absolute Gasteiger partial charge is 0.0465 e. The Morgan fingerprint density at radius 3 is 0.784 bits per heavy atom. The van der Waals surface area contributed by atoms with Gasteiger partial charge in [-0.3, -0.25) is 0 Å². The van der Waals surface area contributed by atoms with Crippen LogP contribution in [-0.4, -0.2) is 0 Å². The van der Waals surface area contributed by atoms with Crippen LogP contribution in [0.5, 0.6) is 0 Å². The predicted octanol–water partition coefficient (Wildman–Crippen LogP) is 20.1. The molecule has 0 fully saturated rings. The molecule has 11 aromatic carbocycles. The van der Waals surface area contributed by atoms with Gasteiger partial charge in [-0.1, -0.05) is 183 Å². The Labute approximate surface area is 436 Å². The first-order valence-electron chi connectivity index (χ1n) is 26.2. The first-order chi connectivity index (χ1) is 35.8. The maximum atomic E-state index is 2.50. The van der Waals surface area contributed by atoms with Crippen molar-refractivity contribution in [2.75, 3.05) is 9.80 Å². The second kappa shape index (κ2) is 17.1. The lowest BCUT2D eigenvalue weighted by atomic mass is 9.79. The van der Waals surface area contributed by atoms with E-state index in [0.717, 1.165) is 34.1 Å². The summed E-state index contributed by atoms with van der Waals surface area (Å²) in [6, 6.07) is 82.5. The summed E-state index contributed by atoms with van der Waals surface area (Å²) in [5.41, 5.74) is 27.2. The minimum atomic E-state index is -0.232. The number of aryl methyl sites for hydroxylation is 4. The molecule has 0 aromatic heterocycles. The van der Waals surface area contributed by atoms with Gasteiger partial charge in [0.1, 0.15) is 0 Å². The molecule has 0 saturated carbocycles. The molecular weight excluding hydrogens is 893 g/mol. The molecule has 0 atom stereocenters. The molecule has 0 N–H and O–H groups in total. The van der Waals surface area contributed by atoms with Crippen molar-refractivity contribution in [3.8, 4) is 44.5 Å². The Hall–Kier alpha value is -8.46. The lowest BCUT2D eigenvalue weighted by Crippen LogP contribution is -2.16. The van der Waals surface area contributed by atoms with Gasteiger partial charge in [0.2, 0.25) is 0 Å². The summed E-state index contributed by atoms with van der Waals surface area (Å²) >= 11 is 0. The summed E-state index contributed by atoms with van der Waals surface area (Å²) < 4.78 is 0. The highest BCUT2D eigenvalue weighted by Crippen LogP contribution is 2.55. The largest absolute Gasteiger partial charge is 0.310 e. The molecule has 0 amide bonds. The summed E-state index contributed by atoms with van der Waals surface area (Å²) in [7, 11) is 0. The predicted molar refractivity (Wildman–Crippen MR) is 316 cm³/mol. The van der Waals surface area contributed by atoms with E-state index in [-0.39, 0.29) is 10.8 Å². The quantitative estimate of drug-likeness (QED) is 0.140. The van der Waals surface area contributed by atoms with Gasteiger partial charge in [-0.2, -0.15) is 0 Å². The van der Waals surface area contributed by atoms with E-state index in [1.807, 2.05) is 0 Å². The number of rotatable bonds is 8. The van der Waals surface area contributed by atoms with Gasteiger partial charge in [0.25, 0.3) is 0 Å². The zero-order valence-electron chi connectivity index (χ0n) is 43.7. The molecule has 0 aliphatic heterocycles. The van der Waals surface area contributed by atoms with Crippen LogP contribution in [0.1, 0.15) is 72.2 Å². The minimum absolute atomic E-state index is 0.232. The molecule has 0 bridgehead atoms. The first-order valence-corrected chi connectivity index (χ1v) is 26.2. The van der Waals surface area contributed by atoms with Crippen molar-refractivity contribution >= 4 is 55.7 Å². The average molecular weight is 953 g/mol. The number of fused-ring (bicyclic) bond motifs is 8. The summed E-state index contributed by atoms with van der Waals surface area (Å²) in [6.07, 6.45) is 0. The molecule has 2 nitrogen and oxygen atoms in total. The Morgan fingerprint density at radius 2 is 0.500 bits per heavy atom. The first kappa shape index (κ1) is 45.4. The van der Waals surface area contributed by atoms with Crippen LogP contribution in [0, 0.1) is 27.7 Å². The van der Waals surface area contributed by atoms with Crippen molar-refractivity contribution in [2.24, 2.45) is 0 Å². The van der Waals surface area contributed by atoms with Crippen molar-refractivity contribution in [3.05, 3.63) is 263 Å². The van der Waals surface area contributed by atoms with E-state index in [9.17, 15) is 0 Å². The number of nitrogens with zero attached hydrogens (tertiary/aromatic N) is 2. The standard InChI is InChI=1S/C72H60N2/c1-45-17-27-51(28-18-45)73(52-29-19-46(2)20-30-52)55-35-39-59-57-37-25-49(41-65(57)71(5,6)67(59)43-55)69-61-13-9-11-15-63(61)70(64-16-12-10-14-62(64)69)50-26-38-58-60-40-36-56(44-68(60)72(7,8)66(58)42-50)74(53-31-21-47(3)22-32-53)54-33-23-48(4)24-34-54/h9-44H,1-8H3. The van der Waals surface area contributed by atoms with Gasteiger partial charge in [0.05, 0.1) is 0 Å². The summed E-state index contributed by atoms with van der Waals surface area (Å²) in [4.78, 5) is 4.79. The number of benzene rings is 11. The van der Waals surface area contributed by atoms with Crippen LogP contribution in [0.25, 0.3) is 66.1 Å². The lowest BCUT2D eigenvalue weighted by molar-refractivity contribution is 0.660. The third-order valence-corrected chi connectivity index (χ3v) is 16.5. The van der Waals surface area contributed by atoms with Crippen LogP contribution in [-0.2, 0) is 10.8 Å². The highest BCUT2D eigenvalue weighted by molar-refractivity contribution is 6.21. The maximum Gasteiger partial charge on any atom is 0.0465 e. The van der Waals surface area contributed by atoms with Gasteiger partial charge in [0.15, 0.2) is 0 Å². The van der Waals surface area contributed by atoms with Gasteiger partial charge < -0.3 is 9.80 Å². The molecule has 0 radical (unpaired) electrons. The van der Waals surface area contributed by atoms with Crippen molar-refractivity contribution in [3.63, 3.8) is 0 Å². The van der Waals surface area contributed by atoms with Crippen LogP contribution >= 0.6 is 0 Å². The van der Waals surface area contributed by atoms with Crippen LogP contribution in [0.4, 0.5) is 34.1 Å². The van der Waals surface area contributed by atoms with E-state index in [4.69, 9.17) is 0 Å². The highest BCUT2D eigenvalue weighted by Gasteiger charge is 2.38. The molecule has 74 heavy (non-hydrogen) atoms. The van der Waals surface area contributed by atoms with Gasteiger partial charge >= 0.3 is 0 Å². The van der Waals surface area contributed by atoms with Crippen LogP contribution in [0.15, 0.2) is 218 Å². The average Bonchev–Trinajstić information content (AvgIpc) is 3.79. The molecule has 13 rings (SSSR count). The van der Waals surface area contributed by atoms with Gasteiger partial charge in [-0.25, -0.2) is 0 Å². The fourth-order valence-electron chi connectivity index (χ4n) is 12.5. The summed E-state index contributed by atoms with van der Waals surface area (Å²) in [5.74, 6) is 0. The molecule has 358 valence electrons. The number of hydrogen-bond donors (Lipinski definition) is 0. The molecule has 0 unspecified atom stereocenters. The van der Waals surface area contributed by atoms with E-state index in [2.05, 4.69) is 284 Å². The molecule has 2 heteroatoms. The van der Waals surface area contributed by atoms with Gasteiger partial charge in [0, 0.05) is 45.0 Å². The molecule has 0 spiro atoms. The second-order valence-electron chi connectivity index (χ2n) is 22.1. The molecule has 11 aromatic rings. The van der Waals surface area contributed by atoms with E-state index in [0.29, 0.717) is 0 Å². The second-order valence-corrected chi connectivity index (χ2v) is 22.1. The van der Waals surface area contributed by atoms with Crippen molar-refractivity contribution in [1.29, 1.82) is 0 Å². The maximum absolute atomic E-state index is 2.50. The fourth-order valence-corrected chi connectivity index (χ4v) is 12.5. The third kappa shape index (κ3) is 7.22. The number of anilines is 6. The molecule has 0 heterocycles. The monoisotopic (exact) mass is 952 g/mol. The van der Waals surface area contributed by atoms with Crippen molar-refractivity contribution < 1.29 is 0 Å². The third-order valence-electron chi connectivity index (χ3n) is 16.5. The van der Waals surface area contributed by atoms with Crippen molar-refractivity contribution in [1.82, 2.24) is 0 Å². The zero-order valence-corrected chi connectivity index (χ0v) is 43.7. The Bertz CT molecular complexity index is 3610. The highest BCUT2D eigenvalue weighted by atomic mass is 15.1.